The minimum absolute atomic E-state index is 0.0347. The first-order valence-electron chi connectivity index (χ1n) is 9.71. The van der Waals surface area contributed by atoms with Crippen LogP contribution in [0.2, 0.25) is 0 Å². The summed E-state index contributed by atoms with van der Waals surface area (Å²) < 4.78 is 11.3. The van der Waals surface area contributed by atoms with Gasteiger partial charge in [0.25, 0.3) is 0 Å². The van der Waals surface area contributed by atoms with Crippen LogP contribution in [-0.4, -0.2) is 42.4 Å². The third-order valence-electron chi connectivity index (χ3n) is 5.23. The maximum atomic E-state index is 5.77. The zero-order chi connectivity index (χ0) is 21.0. The van der Waals surface area contributed by atoms with Crippen LogP contribution >= 0.6 is 0 Å². The molecular weight excluding hydrogens is 360 g/mol. The van der Waals surface area contributed by atoms with Crippen LogP contribution in [0.1, 0.15) is 22.6 Å². The van der Waals surface area contributed by atoms with Gasteiger partial charge in [-0.1, -0.05) is 36.4 Å². The van der Waals surface area contributed by atoms with Gasteiger partial charge < -0.3 is 19.3 Å². The average molecular weight is 391 g/mol. The van der Waals surface area contributed by atoms with Gasteiger partial charge in [-0.15, -0.1) is 0 Å². The molecule has 3 aromatic rings. The van der Waals surface area contributed by atoms with Crippen LogP contribution in [-0.2, 0) is 0 Å². The largest absolute Gasteiger partial charge is 0.493 e. The van der Waals surface area contributed by atoms with Crippen LogP contribution in [0.4, 0.5) is 11.4 Å². The summed E-state index contributed by atoms with van der Waals surface area (Å²) in [5.74, 6) is 1.55. The lowest BCUT2D eigenvalue weighted by molar-refractivity contribution is 0.351. The summed E-state index contributed by atoms with van der Waals surface area (Å²) >= 11 is 0. The number of para-hydroxylation sites is 1. The monoisotopic (exact) mass is 390 g/mol. The SMILES string of the molecule is COc1cccc(C(c2ccc(N(C)C)cc2)c2ccc(N(C)C)cc2)c1OC. The Morgan fingerprint density at radius 3 is 1.48 bits per heavy atom. The molecule has 0 aromatic heterocycles. The molecule has 0 radical (unpaired) electrons. The number of benzene rings is 3. The van der Waals surface area contributed by atoms with Crippen molar-refractivity contribution in [2.45, 2.75) is 5.92 Å². The summed E-state index contributed by atoms with van der Waals surface area (Å²) in [7, 11) is 11.6. The maximum absolute atomic E-state index is 5.77. The van der Waals surface area contributed by atoms with E-state index in [1.54, 1.807) is 14.2 Å². The normalized spacial score (nSPS) is 10.7. The van der Waals surface area contributed by atoms with Crippen molar-refractivity contribution in [3.8, 4) is 11.5 Å². The summed E-state index contributed by atoms with van der Waals surface area (Å²) in [6.07, 6.45) is 0. The molecule has 3 aromatic carbocycles. The highest BCUT2D eigenvalue weighted by molar-refractivity contribution is 5.58. The quantitative estimate of drug-likeness (QED) is 0.529. The molecule has 0 N–H and O–H groups in total. The minimum Gasteiger partial charge on any atom is -0.493 e. The predicted molar refractivity (Wildman–Crippen MR) is 122 cm³/mol. The molecule has 4 heteroatoms. The van der Waals surface area contributed by atoms with Gasteiger partial charge in [-0.3, -0.25) is 0 Å². The lowest BCUT2D eigenvalue weighted by Crippen LogP contribution is -2.11. The van der Waals surface area contributed by atoms with E-state index in [0.29, 0.717) is 0 Å². The summed E-state index contributed by atoms with van der Waals surface area (Å²) in [5, 5.41) is 0. The summed E-state index contributed by atoms with van der Waals surface area (Å²) in [4.78, 5) is 4.22. The van der Waals surface area contributed by atoms with Crippen molar-refractivity contribution in [2.24, 2.45) is 0 Å². The van der Waals surface area contributed by atoms with Gasteiger partial charge in [-0.05, 0) is 41.5 Å². The third kappa shape index (κ3) is 4.32. The molecule has 0 atom stereocenters. The smallest absolute Gasteiger partial charge is 0.164 e. The fraction of sp³-hybridized carbons (Fsp3) is 0.280. The van der Waals surface area contributed by atoms with E-state index in [4.69, 9.17) is 9.47 Å². The molecule has 0 saturated heterocycles. The van der Waals surface area contributed by atoms with Crippen LogP contribution in [0.15, 0.2) is 66.7 Å². The second-order valence-corrected chi connectivity index (χ2v) is 7.49. The van der Waals surface area contributed by atoms with Crippen molar-refractivity contribution in [2.75, 3.05) is 52.2 Å². The highest BCUT2D eigenvalue weighted by Crippen LogP contribution is 2.42. The summed E-state index contributed by atoms with van der Waals surface area (Å²) in [6.45, 7) is 0. The van der Waals surface area contributed by atoms with Gasteiger partial charge in [0.05, 0.1) is 14.2 Å². The van der Waals surface area contributed by atoms with Crippen molar-refractivity contribution >= 4 is 11.4 Å². The first kappa shape index (κ1) is 20.6. The molecule has 0 heterocycles. The molecule has 152 valence electrons. The topological polar surface area (TPSA) is 24.9 Å². The van der Waals surface area contributed by atoms with Crippen LogP contribution in [0.5, 0.6) is 11.5 Å². The molecule has 0 aliphatic heterocycles. The van der Waals surface area contributed by atoms with Crippen molar-refractivity contribution in [1.82, 2.24) is 0 Å². The van der Waals surface area contributed by atoms with Crippen molar-refractivity contribution < 1.29 is 9.47 Å². The molecule has 0 amide bonds. The van der Waals surface area contributed by atoms with Crippen LogP contribution < -0.4 is 19.3 Å². The number of ether oxygens (including phenoxy) is 2. The Hall–Kier alpha value is -3.14. The number of methoxy groups -OCH3 is 2. The molecule has 0 bridgehead atoms. The second kappa shape index (κ2) is 8.91. The minimum atomic E-state index is 0.0347. The van der Waals surface area contributed by atoms with E-state index in [-0.39, 0.29) is 5.92 Å². The molecule has 0 unspecified atom stereocenters. The molecular formula is C25H30N2O2. The standard InChI is InChI=1S/C25H30N2O2/c1-26(2)20-14-10-18(11-15-20)24(19-12-16-21(17-13-19)27(3)4)22-8-7-9-23(28-5)25(22)29-6/h7-17,24H,1-6H3. The number of hydrogen-bond donors (Lipinski definition) is 0. The van der Waals surface area contributed by atoms with Gasteiger partial charge in [0.15, 0.2) is 11.5 Å². The predicted octanol–water partition coefficient (Wildman–Crippen LogP) is 5.02. The zero-order valence-corrected chi connectivity index (χ0v) is 18.1. The van der Waals surface area contributed by atoms with Gasteiger partial charge in [0.2, 0.25) is 0 Å². The lowest BCUT2D eigenvalue weighted by atomic mass is 9.84. The van der Waals surface area contributed by atoms with Gasteiger partial charge in [-0.2, -0.15) is 0 Å². The highest BCUT2D eigenvalue weighted by atomic mass is 16.5. The van der Waals surface area contributed by atoms with E-state index < -0.39 is 0 Å². The van der Waals surface area contributed by atoms with E-state index in [2.05, 4.69) is 92.6 Å². The Balaban J connectivity index is 2.17. The van der Waals surface area contributed by atoms with Gasteiger partial charge >= 0.3 is 0 Å². The number of anilines is 2. The molecule has 0 spiro atoms. The Kier molecular flexibility index (Phi) is 6.32. The molecule has 29 heavy (non-hydrogen) atoms. The van der Waals surface area contributed by atoms with Crippen LogP contribution in [0.25, 0.3) is 0 Å². The highest BCUT2D eigenvalue weighted by Gasteiger charge is 2.23. The fourth-order valence-corrected chi connectivity index (χ4v) is 3.62. The number of hydrogen-bond acceptors (Lipinski definition) is 4. The molecule has 0 aliphatic carbocycles. The van der Waals surface area contributed by atoms with Crippen molar-refractivity contribution in [3.05, 3.63) is 83.4 Å². The molecule has 0 fully saturated rings. The second-order valence-electron chi connectivity index (χ2n) is 7.49. The Bertz CT molecular complexity index is 881. The fourth-order valence-electron chi connectivity index (χ4n) is 3.62. The first-order valence-corrected chi connectivity index (χ1v) is 9.71. The Morgan fingerprint density at radius 2 is 1.10 bits per heavy atom. The van der Waals surface area contributed by atoms with E-state index in [1.807, 2.05) is 12.1 Å². The first-order chi connectivity index (χ1) is 14.0. The van der Waals surface area contributed by atoms with Gasteiger partial charge in [-0.25, -0.2) is 0 Å². The molecule has 3 rings (SSSR count). The number of rotatable bonds is 7. The third-order valence-corrected chi connectivity index (χ3v) is 5.23. The molecule has 0 aliphatic rings. The average Bonchev–Trinajstić information content (AvgIpc) is 2.74. The summed E-state index contributed by atoms with van der Waals surface area (Å²) in [5.41, 5.74) is 5.85. The van der Waals surface area contributed by atoms with E-state index in [1.165, 1.54) is 22.5 Å². The number of nitrogens with zero attached hydrogens (tertiary/aromatic N) is 2. The molecule has 0 saturated carbocycles. The summed E-state index contributed by atoms with van der Waals surface area (Å²) in [6, 6.07) is 23.5. The van der Waals surface area contributed by atoms with E-state index in [9.17, 15) is 0 Å². The molecule has 4 nitrogen and oxygen atoms in total. The van der Waals surface area contributed by atoms with E-state index in [0.717, 1.165) is 17.1 Å². The van der Waals surface area contributed by atoms with E-state index >= 15 is 0 Å². The van der Waals surface area contributed by atoms with Crippen LogP contribution in [0, 0.1) is 0 Å². The van der Waals surface area contributed by atoms with Crippen molar-refractivity contribution in [3.63, 3.8) is 0 Å². The van der Waals surface area contributed by atoms with Gasteiger partial charge in [0, 0.05) is 51.0 Å². The lowest BCUT2D eigenvalue weighted by Gasteiger charge is -2.24. The Morgan fingerprint density at radius 1 is 0.621 bits per heavy atom. The zero-order valence-electron chi connectivity index (χ0n) is 18.1. The van der Waals surface area contributed by atoms with Gasteiger partial charge in [0.1, 0.15) is 0 Å². The van der Waals surface area contributed by atoms with Crippen molar-refractivity contribution in [1.29, 1.82) is 0 Å². The van der Waals surface area contributed by atoms with Crippen LogP contribution in [0.3, 0.4) is 0 Å². The maximum Gasteiger partial charge on any atom is 0.164 e. The Labute approximate surface area is 174 Å².